The molecule has 0 amide bonds. The highest BCUT2D eigenvalue weighted by molar-refractivity contribution is 6.43. The molecule has 0 aromatic heterocycles. The molecular formula is C13H13Cl3O4. The molecule has 0 saturated heterocycles. The topological polar surface area (TPSA) is 63.6 Å². The lowest BCUT2D eigenvalue weighted by molar-refractivity contribution is -0.137. The number of ether oxygens (including phenoxy) is 1. The van der Waals surface area contributed by atoms with Gasteiger partial charge in [0.2, 0.25) is 11.6 Å². The van der Waals surface area contributed by atoms with E-state index in [4.69, 9.17) is 44.6 Å². The Morgan fingerprint density at radius 2 is 1.65 bits per heavy atom. The highest BCUT2D eigenvalue weighted by Crippen LogP contribution is 2.33. The van der Waals surface area contributed by atoms with Gasteiger partial charge in [-0.25, -0.2) is 0 Å². The zero-order valence-electron chi connectivity index (χ0n) is 10.5. The summed E-state index contributed by atoms with van der Waals surface area (Å²) in [6.07, 6.45) is 1.05. The van der Waals surface area contributed by atoms with E-state index >= 15 is 0 Å². The molecule has 0 heterocycles. The van der Waals surface area contributed by atoms with Crippen LogP contribution < -0.4 is 4.74 Å². The number of aliphatic hydroxyl groups excluding tert-OH is 1. The number of Topliss-reactive ketones (excluding diaryl/α,β-unsaturated/α-hetero) is 2. The maximum absolute atomic E-state index is 11.5. The van der Waals surface area contributed by atoms with E-state index in [0.29, 0.717) is 12.8 Å². The predicted octanol–water partition coefficient (Wildman–Crippen LogP) is 3.33. The summed E-state index contributed by atoms with van der Waals surface area (Å²) in [7, 11) is 0. The Kier molecular flexibility index (Phi) is 7.30. The van der Waals surface area contributed by atoms with E-state index in [2.05, 4.69) is 0 Å². The standard InChI is InChI=1S/C13H13Cl3O4/c14-8-5-10(16)13(6-9(8)15)20-7-12(19)11(18)3-1-2-4-17/h5-6,17H,1-4,7H2. The van der Waals surface area contributed by atoms with Crippen LogP contribution in [0.15, 0.2) is 12.1 Å². The number of aliphatic hydroxyl groups is 1. The average molecular weight is 340 g/mol. The first-order chi connectivity index (χ1) is 9.45. The monoisotopic (exact) mass is 338 g/mol. The molecule has 20 heavy (non-hydrogen) atoms. The first kappa shape index (κ1) is 17.2. The Morgan fingerprint density at radius 1 is 1.00 bits per heavy atom. The molecule has 1 N–H and O–H groups in total. The van der Waals surface area contributed by atoms with Crippen molar-refractivity contribution in [3.63, 3.8) is 0 Å². The van der Waals surface area contributed by atoms with E-state index in [0.717, 1.165) is 0 Å². The van der Waals surface area contributed by atoms with Crippen LogP contribution in [-0.2, 0) is 9.59 Å². The van der Waals surface area contributed by atoms with E-state index in [-0.39, 0.29) is 33.8 Å². The van der Waals surface area contributed by atoms with Crippen molar-refractivity contribution in [1.82, 2.24) is 0 Å². The van der Waals surface area contributed by atoms with Gasteiger partial charge in [0.05, 0.1) is 15.1 Å². The molecule has 0 unspecified atom stereocenters. The second-order valence-electron chi connectivity index (χ2n) is 4.01. The molecule has 0 atom stereocenters. The maximum Gasteiger partial charge on any atom is 0.235 e. The Balaban J connectivity index is 2.52. The fourth-order valence-corrected chi connectivity index (χ4v) is 1.97. The lowest BCUT2D eigenvalue weighted by Gasteiger charge is -2.08. The van der Waals surface area contributed by atoms with Crippen molar-refractivity contribution >= 4 is 46.4 Å². The molecule has 0 spiro atoms. The van der Waals surface area contributed by atoms with Crippen LogP contribution in [0.25, 0.3) is 0 Å². The fourth-order valence-electron chi connectivity index (χ4n) is 1.38. The summed E-state index contributed by atoms with van der Waals surface area (Å²) in [6.45, 7) is -0.410. The van der Waals surface area contributed by atoms with E-state index in [1.165, 1.54) is 12.1 Å². The van der Waals surface area contributed by atoms with Gasteiger partial charge in [0.1, 0.15) is 5.75 Å². The number of unbranched alkanes of at least 4 members (excludes halogenated alkanes) is 1. The number of ketones is 2. The van der Waals surface area contributed by atoms with Gasteiger partial charge in [0.25, 0.3) is 0 Å². The van der Waals surface area contributed by atoms with Crippen LogP contribution in [-0.4, -0.2) is 29.9 Å². The Labute approximate surface area is 131 Å². The third-order valence-electron chi connectivity index (χ3n) is 2.46. The van der Waals surface area contributed by atoms with E-state index in [1.807, 2.05) is 0 Å². The lowest BCUT2D eigenvalue weighted by atomic mass is 10.1. The zero-order valence-corrected chi connectivity index (χ0v) is 12.8. The van der Waals surface area contributed by atoms with Crippen LogP contribution in [0.2, 0.25) is 15.1 Å². The second kappa shape index (κ2) is 8.47. The van der Waals surface area contributed by atoms with Crippen LogP contribution in [0.5, 0.6) is 5.75 Å². The van der Waals surface area contributed by atoms with E-state index < -0.39 is 18.2 Å². The van der Waals surface area contributed by atoms with Crippen molar-refractivity contribution in [2.45, 2.75) is 19.3 Å². The molecule has 1 rings (SSSR count). The van der Waals surface area contributed by atoms with Crippen molar-refractivity contribution in [3.8, 4) is 5.75 Å². The van der Waals surface area contributed by atoms with Gasteiger partial charge in [-0.15, -0.1) is 0 Å². The summed E-state index contributed by atoms with van der Waals surface area (Å²) in [5.74, 6) is -0.989. The summed E-state index contributed by atoms with van der Waals surface area (Å²) in [5.41, 5.74) is 0. The Bertz CT molecular complexity index is 503. The number of hydrogen-bond acceptors (Lipinski definition) is 4. The lowest BCUT2D eigenvalue weighted by Crippen LogP contribution is -2.21. The summed E-state index contributed by atoms with van der Waals surface area (Å²) in [4.78, 5) is 23.0. The van der Waals surface area contributed by atoms with Crippen molar-refractivity contribution in [1.29, 1.82) is 0 Å². The van der Waals surface area contributed by atoms with Crippen LogP contribution in [0, 0.1) is 0 Å². The van der Waals surface area contributed by atoms with Gasteiger partial charge in [-0.2, -0.15) is 0 Å². The van der Waals surface area contributed by atoms with E-state index in [9.17, 15) is 9.59 Å². The number of carbonyl (C=O) groups excluding carboxylic acids is 2. The molecule has 0 aliphatic heterocycles. The second-order valence-corrected chi connectivity index (χ2v) is 5.23. The SMILES string of the molecule is O=C(CCCCO)C(=O)COc1cc(Cl)c(Cl)cc1Cl. The number of carbonyl (C=O) groups is 2. The predicted molar refractivity (Wildman–Crippen MR) is 77.9 cm³/mol. The van der Waals surface area contributed by atoms with Crippen LogP contribution in [0.1, 0.15) is 19.3 Å². The minimum Gasteiger partial charge on any atom is -0.484 e. The van der Waals surface area contributed by atoms with Gasteiger partial charge in [-0.1, -0.05) is 34.8 Å². The van der Waals surface area contributed by atoms with Gasteiger partial charge < -0.3 is 9.84 Å². The van der Waals surface area contributed by atoms with Gasteiger partial charge >= 0.3 is 0 Å². The van der Waals surface area contributed by atoms with Gasteiger partial charge in [-0.3, -0.25) is 9.59 Å². The van der Waals surface area contributed by atoms with Crippen LogP contribution in [0.4, 0.5) is 0 Å². The molecule has 0 aliphatic rings. The third kappa shape index (κ3) is 5.29. The fraction of sp³-hybridized carbons (Fsp3) is 0.385. The number of benzene rings is 1. The third-order valence-corrected chi connectivity index (χ3v) is 3.47. The first-order valence-corrected chi connectivity index (χ1v) is 7.03. The van der Waals surface area contributed by atoms with Crippen LogP contribution in [0.3, 0.4) is 0 Å². The molecule has 0 fully saturated rings. The largest absolute Gasteiger partial charge is 0.484 e. The van der Waals surface area contributed by atoms with Crippen molar-refractivity contribution in [2.24, 2.45) is 0 Å². The summed E-state index contributed by atoms with van der Waals surface area (Å²) in [5, 5.41) is 9.31. The van der Waals surface area contributed by atoms with Gasteiger partial charge in [-0.05, 0) is 18.9 Å². The Hall–Kier alpha value is -0.810. The molecule has 0 saturated carbocycles. The molecule has 0 bridgehead atoms. The van der Waals surface area contributed by atoms with Crippen LogP contribution >= 0.6 is 34.8 Å². The van der Waals surface area contributed by atoms with Crippen molar-refractivity contribution < 1.29 is 19.4 Å². The first-order valence-electron chi connectivity index (χ1n) is 5.90. The average Bonchev–Trinajstić information content (AvgIpc) is 2.41. The zero-order chi connectivity index (χ0) is 15.1. The molecule has 7 heteroatoms. The quantitative estimate of drug-likeness (QED) is 0.448. The number of rotatable bonds is 8. The summed E-state index contributed by atoms with van der Waals surface area (Å²) < 4.78 is 5.17. The number of halogens is 3. The molecule has 0 aliphatic carbocycles. The molecule has 110 valence electrons. The highest BCUT2D eigenvalue weighted by Gasteiger charge is 2.15. The molecular weight excluding hydrogens is 326 g/mol. The molecule has 1 aromatic rings. The Morgan fingerprint density at radius 3 is 2.30 bits per heavy atom. The maximum atomic E-state index is 11.5. The van der Waals surface area contributed by atoms with E-state index in [1.54, 1.807) is 0 Å². The minimum atomic E-state index is -0.648. The highest BCUT2D eigenvalue weighted by atomic mass is 35.5. The molecule has 0 radical (unpaired) electrons. The van der Waals surface area contributed by atoms with Gasteiger partial charge in [0.15, 0.2) is 6.61 Å². The molecule has 1 aromatic carbocycles. The minimum absolute atomic E-state index is 0.00312. The summed E-state index contributed by atoms with van der Waals surface area (Å²) in [6, 6.07) is 2.78. The van der Waals surface area contributed by atoms with Gasteiger partial charge in [0, 0.05) is 19.1 Å². The smallest absolute Gasteiger partial charge is 0.235 e. The number of hydrogen-bond donors (Lipinski definition) is 1. The summed E-state index contributed by atoms with van der Waals surface area (Å²) >= 11 is 17.4. The van der Waals surface area contributed by atoms with Crippen molar-refractivity contribution in [2.75, 3.05) is 13.2 Å². The molecule has 4 nitrogen and oxygen atoms in total. The van der Waals surface area contributed by atoms with Crippen molar-refractivity contribution in [3.05, 3.63) is 27.2 Å². The normalized spacial score (nSPS) is 10.4.